The molecule has 2 aliphatic heterocycles. The molecule has 0 amide bonds. The Balaban J connectivity index is 1.15. The molecular formula is C55H41N3S+2. The average Bonchev–Trinajstić information content (AvgIpc) is 3.92. The molecule has 0 saturated heterocycles. The van der Waals surface area contributed by atoms with Crippen molar-refractivity contribution in [1.82, 2.24) is 4.40 Å². The van der Waals surface area contributed by atoms with E-state index in [1.165, 1.54) is 103 Å². The monoisotopic (exact) mass is 775 g/mol. The van der Waals surface area contributed by atoms with Crippen molar-refractivity contribution in [3.8, 4) is 33.6 Å². The van der Waals surface area contributed by atoms with Crippen LogP contribution in [0.2, 0.25) is 0 Å². The largest absolute Gasteiger partial charge is 0.308 e. The fourth-order valence-corrected chi connectivity index (χ4v) is 12.5. The number of fused-ring (bicyclic) bond motifs is 18. The predicted octanol–water partition coefficient (Wildman–Crippen LogP) is 13.3. The molecule has 11 aromatic rings. The van der Waals surface area contributed by atoms with Crippen molar-refractivity contribution in [1.29, 1.82) is 0 Å². The van der Waals surface area contributed by atoms with E-state index in [-0.39, 0.29) is 11.0 Å². The third-order valence-electron chi connectivity index (χ3n) is 14.5. The van der Waals surface area contributed by atoms with Gasteiger partial charge in [-0.3, -0.25) is 0 Å². The van der Waals surface area contributed by atoms with Gasteiger partial charge in [-0.2, -0.15) is 9.13 Å². The number of aryl methyl sites for hydroxylation is 1. The molecule has 0 aliphatic carbocycles. The zero-order valence-corrected chi connectivity index (χ0v) is 34.0. The van der Waals surface area contributed by atoms with Gasteiger partial charge in [0.05, 0.1) is 33.9 Å². The molecule has 2 atom stereocenters. The number of thiophene rings is 1. The van der Waals surface area contributed by atoms with Gasteiger partial charge in [-0.25, -0.2) is 0 Å². The van der Waals surface area contributed by atoms with E-state index in [0.717, 1.165) is 25.0 Å². The zero-order chi connectivity index (χ0) is 39.2. The highest BCUT2D eigenvalue weighted by Crippen LogP contribution is 2.54. The minimum atomic E-state index is -0.322. The Morgan fingerprint density at radius 3 is 2.15 bits per heavy atom. The molecule has 59 heavy (non-hydrogen) atoms. The smallest absolute Gasteiger partial charge is 0.218 e. The molecule has 0 radical (unpaired) electrons. The van der Waals surface area contributed by atoms with Crippen LogP contribution >= 0.6 is 11.3 Å². The summed E-state index contributed by atoms with van der Waals surface area (Å²) in [6.45, 7) is 9.90. The van der Waals surface area contributed by atoms with Crippen molar-refractivity contribution in [2.75, 3.05) is 0 Å². The standard InChI is InChI=1S/C55H41N3S/c1-34-33-55(3)54(2,24-23-36-17-7-8-18-38(36)47-20-11-13-25-56(34)47)46-31-49-41(30-45(46)48-21-12-14-26-57(48)55)44-28-37(35-15-5-4-6-16-35)27-43-40-29-42-39-19-9-10-22-51(39)59-52(42)32-50(40)58(49)53(43)44/h4-22,25-32H,1,23-24,33H2,2-3H3/q+2. The number of aromatic nitrogens is 3. The molecule has 3 nitrogen and oxygen atoms in total. The molecular weight excluding hydrogens is 735 g/mol. The Morgan fingerprint density at radius 1 is 0.576 bits per heavy atom. The molecule has 6 aromatic carbocycles. The Labute approximate surface area is 346 Å². The van der Waals surface area contributed by atoms with E-state index in [2.05, 4.69) is 191 Å². The summed E-state index contributed by atoms with van der Waals surface area (Å²) < 4.78 is 10.2. The minimum absolute atomic E-state index is 0.260. The van der Waals surface area contributed by atoms with E-state index < -0.39 is 0 Å². The summed E-state index contributed by atoms with van der Waals surface area (Å²) in [5.74, 6) is 0. The summed E-state index contributed by atoms with van der Waals surface area (Å²) in [7, 11) is 0. The number of hydrogen-bond donors (Lipinski definition) is 0. The van der Waals surface area contributed by atoms with E-state index in [0.29, 0.717) is 0 Å². The van der Waals surface area contributed by atoms with Gasteiger partial charge in [-0.15, -0.1) is 11.3 Å². The van der Waals surface area contributed by atoms with Gasteiger partial charge in [0.2, 0.25) is 11.4 Å². The molecule has 0 bridgehead atoms. The number of rotatable bonds is 1. The Morgan fingerprint density at radius 2 is 1.29 bits per heavy atom. The van der Waals surface area contributed by atoms with Crippen LogP contribution in [-0.4, -0.2) is 4.40 Å². The SMILES string of the molecule is C=C1CC2(C)[n+]3ccccc3-c3cc4c5cc(-c6ccccc6)cc6c7cc8c(cc7n(c4cc3C2(C)CCc2ccccc2-c2cccc[n+]21)c56)sc1ccccc18. The highest BCUT2D eigenvalue weighted by Gasteiger charge is 2.59. The van der Waals surface area contributed by atoms with Gasteiger partial charge in [0.25, 0.3) is 0 Å². The van der Waals surface area contributed by atoms with E-state index in [4.69, 9.17) is 6.58 Å². The normalized spacial score (nSPS) is 19.0. The van der Waals surface area contributed by atoms with Crippen LogP contribution in [0.3, 0.4) is 0 Å². The van der Waals surface area contributed by atoms with E-state index in [9.17, 15) is 0 Å². The van der Waals surface area contributed by atoms with E-state index in [1.807, 2.05) is 11.3 Å². The second-order valence-electron chi connectivity index (χ2n) is 17.4. The molecule has 5 aromatic heterocycles. The molecule has 13 rings (SSSR count). The maximum Gasteiger partial charge on any atom is 0.218 e. The lowest BCUT2D eigenvalue weighted by Gasteiger charge is -2.47. The summed E-state index contributed by atoms with van der Waals surface area (Å²) in [5, 5.41) is 7.93. The summed E-state index contributed by atoms with van der Waals surface area (Å²) in [5.41, 5.74) is 14.8. The van der Waals surface area contributed by atoms with Gasteiger partial charge in [-0.1, -0.05) is 66.7 Å². The maximum absolute atomic E-state index is 4.86. The summed E-state index contributed by atoms with van der Waals surface area (Å²) in [6, 6.07) is 57.1. The van der Waals surface area contributed by atoms with Gasteiger partial charge < -0.3 is 4.40 Å². The minimum Gasteiger partial charge on any atom is -0.308 e. The lowest BCUT2D eigenvalue weighted by atomic mass is 9.59. The van der Waals surface area contributed by atoms with Gasteiger partial charge in [-0.05, 0) is 109 Å². The molecule has 4 heteroatoms. The van der Waals surface area contributed by atoms with E-state index >= 15 is 0 Å². The number of pyridine rings is 2. The number of hydrogen-bond acceptors (Lipinski definition) is 1. The summed E-state index contributed by atoms with van der Waals surface area (Å²) in [6.07, 6.45) is 7.28. The first-order valence-corrected chi connectivity index (χ1v) is 21.7. The fraction of sp³-hybridized carbons (Fsp3) is 0.127. The first-order valence-electron chi connectivity index (χ1n) is 20.9. The number of allylic oxidation sites excluding steroid dienone is 1. The van der Waals surface area contributed by atoms with Crippen LogP contribution in [0, 0.1) is 0 Å². The van der Waals surface area contributed by atoms with Gasteiger partial charge >= 0.3 is 0 Å². The number of benzene rings is 6. The topological polar surface area (TPSA) is 12.2 Å². The van der Waals surface area contributed by atoms with Crippen LogP contribution in [0.5, 0.6) is 0 Å². The van der Waals surface area contributed by atoms with Crippen molar-refractivity contribution in [2.45, 2.75) is 44.1 Å². The Kier molecular flexibility index (Phi) is 6.64. The van der Waals surface area contributed by atoms with Crippen LogP contribution in [0.1, 0.15) is 37.8 Å². The highest BCUT2D eigenvalue weighted by atomic mass is 32.1. The molecule has 7 heterocycles. The Bertz CT molecular complexity index is 3590. The predicted molar refractivity (Wildman–Crippen MR) is 246 cm³/mol. The molecule has 2 unspecified atom stereocenters. The molecule has 2 aliphatic rings. The molecule has 0 N–H and O–H groups in total. The average molecular weight is 776 g/mol. The summed E-state index contributed by atoms with van der Waals surface area (Å²) >= 11 is 1.90. The molecule has 0 saturated carbocycles. The van der Waals surface area contributed by atoms with Gasteiger partial charge in [0.15, 0.2) is 23.6 Å². The van der Waals surface area contributed by atoms with Gasteiger partial charge in [0.1, 0.15) is 0 Å². The van der Waals surface area contributed by atoms with Crippen LogP contribution in [-0.2, 0) is 17.4 Å². The number of nitrogens with zero attached hydrogens (tertiary/aromatic N) is 3. The van der Waals surface area contributed by atoms with Crippen LogP contribution in [0.15, 0.2) is 171 Å². The van der Waals surface area contributed by atoms with Crippen LogP contribution < -0.4 is 9.13 Å². The quantitative estimate of drug-likeness (QED) is 0.147. The van der Waals surface area contributed by atoms with Crippen molar-refractivity contribution in [2.24, 2.45) is 0 Å². The fourth-order valence-electron chi connectivity index (χ4n) is 11.4. The second kappa shape index (κ2) is 11.7. The maximum atomic E-state index is 4.86. The van der Waals surface area contributed by atoms with Gasteiger partial charge in [0, 0.05) is 78.5 Å². The molecule has 0 fully saturated rings. The first-order chi connectivity index (χ1) is 28.9. The highest BCUT2D eigenvalue weighted by molar-refractivity contribution is 7.25. The van der Waals surface area contributed by atoms with E-state index in [1.54, 1.807) is 0 Å². The third-order valence-corrected chi connectivity index (χ3v) is 15.7. The first kappa shape index (κ1) is 33.4. The van der Waals surface area contributed by atoms with Crippen molar-refractivity contribution in [3.05, 3.63) is 182 Å². The van der Waals surface area contributed by atoms with Crippen LogP contribution in [0.25, 0.3) is 97.6 Å². The van der Waals surface area contributed by atoms with Crippen molar-refractivity contribution >= 4 is 75.3 Å². The van der Waals surface area contributed by atoms with Crippen LogP contribution in [0.4, 0.5) is 0 Å². The lowest BCUT2D eigenvalue weighted by molar-refractivity contribution is -0.766. The van der Waals surface area contributed by atoms with Crippen molar-refractivity contribution < 1.29 is 9.13 Å². The second-order valence-corrected chi connectivity index (χ2v) is 18.5. The third kappa shape index (κ3) is 4.37. The summed E-state index contributed by atoms with van der Waals surface area (Å²) in [4.78, 5) is 0. The zero-order valence-electron chi connectivity index (χ0n) is 33.2. The van der Waals surface area contributed by atoms with Crippen molar-refractivity contribution in [3.63, 3.8) is 0 Å². The Hall–Kier alpha value is -6.62. The lowest BCUT2D eigenvalue weighted by Crippen LogP contribution is -2.68. The molecule has 0 spiro atoms. The molecule has 280 valence electrons.